The van der Waals surface area contributed by atoms with Gasteiger partial charge in [0.2, 0.25) is 0 Å². The lowest BCUT2D eigenvalue weighted by Crippen LogP contribution is -1.91. The van der Waals surface area contributed by atoms with Crippen molar-refractivity contribution >= 4 is 191 Å². The molecule has 4 heterocycles. The van der Waals surface area contributed by atoms with Crippen LogP contribution in [-0.2, 0) is 0 Å². The Hall–Kier alpha value is -12.6. The first-order chi connectivity index (χ1) is 61.8. The summed E-state index contributed by atoms with van der Waals surface area (Å²) in [6.45, 7) is 0. The molecule has 0 saturated carbocycles. The minimum atomic E-state index is -0.591. The van der Waals surface area contributed by atoms with Gasteiger partial charge in [-0.05, 0) is 205 Å². The molecule has 20 aromatic carbocycles. The van der Waals surface area contributed by atoms with Gasteiger partial charge in [-0.1, -0.05) is 291 Å². The second kappa shape index (κ2) is 24.5. The van der Waals surface area contributed by atoms with Crippen LogP contribution in [0.3, 0.4) is 0 Å². The van der Waals surface area contributed by atoms with E-state index in [2.05, 4.69) is 182 Å². The minimum Gasteiger partial charge on any atom is -0.135 e. The van der Waals surface area contributed by atoms with Gasteiger partial charge >= 0.3 is 0 Å². The van der Waals surface area contributed by atoms with Crippen molar-refractivity contribution in [2.75, 3.05) is 0 Å². The third-order valence-electron chi connectivity index (χ3n) is 21.5. The van der Waals surface area contributed by atoms with E-state index in [1.54, 1.807) is 48.5 Å². The Bertz CT molecular complexity index is 8420. The molecule has 0 radical (unpaired) electrons. The second-order valence-electron chi connectivity index (χ2n) is 27.3. The van der Waals surface area contributed by atoms with E-state index < -0.39 is 96.7 Å². The van der Waals surface area contributed by atoms with E-state index in [-0.39, 0.29) is 57.6 Å². The summed E-state index contributed by atoms with van der Waals surface area (Å²) in [4.78, 5) is 0. The molecule has 4 aromatic heterocycles. The van der Waals surface area contributed by atoms with E-state index in [0.717, 1.165) is 0 Å². The Morgan fingerprint density at radius 2 is 0.389 bits per heavy atom. The molecule has 0 aliphatic carbocycles. The van der Waals surface area contributed by atoms with Crippen LogP contribution in [0.15, 0.2) is 364 Å². The summed E-state index contributed by atoms with van der Waals surface area (Å²) in [6.07, 6.45) is 0. The summed E-state index contributed by atoms with van der Waals surface area (Å²) in [6, 6.07) is 75.3. The van der Waals surface area contributed by atoms with Gasteiger partial charge in [0, 0.05) is 102 Å². The standard InChI is InChI=1S/2C52H30S2/c2*1-5-13-31(14-6-1)35-21-23-37-43-29-41-40(34-19-11-4-12-20-34)28-46-50-42(30-44-38-24-22-36(26-48(38)54-52(44)46)32-15-7-2-8-16-32)39(33-17-9-3-10-18-33)27-45(49(41)50)51(43)53-47(37)25-35/h2*1-30H/i1D,2D,3D,4D,5D,6D,7D,8D,9D,10D,11D,12D,13D,14D,15D,16D,17D,18D,19D,20D;. The van der Waals surface area contributed by atoms with Gasteiger partial charge in [-0.25, -0.2) is 0 Å². The summed E-state index contributed by atoms with van der Waals surface area (Å²) in [7, 11) is 0. The first kappa shape index (κ1) is 45.0. The maximum Gasteiger partial charge on any atom is 0.0629 e. The number of fused-ring (bicyclic) bond motifs is 16. The van der Waals surface area contributed by atoms with Gasteiger partial charge in [-0.3, -0.25) is 0 Å². The fourth-order valence-electron chi connectivity index (χ4n) is 16.7. The maximum absolute atomic E-state index is 9.29. The van der Waals surface area contributed by atoms with Gasteiger partial charge in [0.05, 0.1) is 27.4 Å². The summed E-state index contributed by atoms with van der Waals surface area (Å²) < 4.78 is 182. The Kier molecular flexibility index (Phi) is 10.2. The molecular formula is C104H60S4. The van der Waals surface area contributed by atoms with Gasteiger partial charge < -0.3 is 0 Å². The molecule has 0 fully saturated rings. The molecule has 4 heteroatoms. The highest BCUT2D eigenvalue weighted by atomic mass is 32.1. The lowest BCUT2D eigenvalue weighted by molar-refractivity contribution is 1.66. The van der Waals surface area contributed by atoms with Crippen LogP contribution in [0, 0.1) is 0 Å². The van der Waals surface area contributed by atoms with Gasteiger partial charge in [0.1, 0.15) is 0 Å². The van der Waals surface area contributed by atoms with Crippen LogP contribution >= 0.6 is 45.3 Å². The minimum absolute atomic E-state index is 0.00267. The zero-order chi connectivity index (χ0) is 88.1. The van der Waals surface area contributed by atoms with Crippen molar-refractivity contribution in [2.45, 2.75) is 0 Å². The number of benzene rings is 20. The highest BCUT2D eigenvalue weighted by Crippen LogP contribution is 2.56. The summed E-state index contributed by atoms with van der Waals surface area (Å²) in [5.74, 6) is 0. The average Bonchev–Trinajstić information content (AvgIpc) is 0.915. The highest BCUT2D eigenvalue weighted by molar-refractivity contribution is 7.28. The molecule has 24 aromatic rings. The first-order valence-electron chi connectivity index (χ1n) is 45.3. The SMILES string of the molecule is [2H]c1c([2H])c([2H])c(-c2ccc3c(c2)sc2c3cc3c(-c4c([2H])c([2H])c([2H])c([2H])c4[2H])cc4c5sc6cc(-c7c([2H])c([2H])c([2H])c([2H])c7[2H])ccc6c5cc5c(-c6c([2H])c([2H])c([2H])c([2H])c6[2H])cc2c3c54)c([2H])c1[2H].c1ccc(-c2ccc3c(c2)sc2c3cc3c(-c4ccccc4)cc4c5sc6cc(-c7ccccc7)ccc6c5cc5c(-c6ccccc6)cc2c3c54)cc1. The largest absolute Gasteiger partial charge is 0.135 e. The van der Waals surface area contributed by atoms with Crippen LogP contribution in [0.4, 0.5) is 0 Å². The normalized spacial score (nSPS) is 14.7. The van der Waals surface area contributed by atoms with E-state index in [1.807, 2.05) is 34.8 Å². The molecule has 0 bridgehead atoms. The number of thiophene rings is 4. The van der Waals surface area contributed by atoms with Crippen molar-refractivity contribution in [3.05, 3.63) is 364 Å². The molecule has 108 heavy (non-hydrogen) atoms. The third kappa shape index (κ3) is 9.64. The van der Waals surface area contributed by atoms with Gasteiger partial charge in [0.15, 0.2) is 0 Å². The van der Waals surface area contributed by atoms with Crippen molar-refractivity contribution in [3.63, 3.8) is 0 Å². The fourth-order valence-corrected chi connectivity index (χ4v) is 21.7. The number of hydrogen-bond donors (Lipinski definition) is 0. The summed E-state index contributed by atoms with van der Waals surface area (Å²) in [5.41, 5.74) is 11.2. The Labute approximate surface area is 666 Å². The predicted molar refractivity (Wildman–Crippen MR) is 475 cm³/mol. The van der Waals surface area contributed by atoms with E-state index in [4.69, 9.17) is 21.9 Å². The van der Waals surface area contributed by atoms with Crippen LogP contribution in [0.25, 0.3) is 234 Å². The third-order valence-corrected chi connectivity index (χ3v) is 26.3. The molecule has 0 saturated heterocycles. The van der Waals surface area contributed by atoms with Gasteiger partial charge in [-0.15, -0.1) is 45.3 Å². The van der Waals surface area contributed by atoms with E-state index in [0.29, 0.717) is 83.8 Å². The second-order valence-corrected chi connectivity index (χ2v) is 31.5. The monoisotopic (exact) mass is 1460 g/mol. The molecule has 500 valence electrons. The Morgan fingerprint density at radius 1 is 0.157 bits per heavy atom. The first-order valence-corrected chi connectivity index (χ1v) is 38.6. The van der Waals surface area contributed by atoms with Crippen molar-refractivity contribution < 1.29 is 27.4 Å². The Morgan fingerprint density at radius 3 is 0.657 bits per heavy atom. The predicted octanol–water partition coefficient (Wildman–Crippen LogP) is 32.0. The molecule has 0 unspecified atom stereocenters. The van der Waals surface area contributed by atoms with Crippen molar-refractivity contribution in [2.24, 2.45) is 0 Å². The summed E-state index contributed by atoms with van der Waals surface area (Å²) >= 11 is 6.51. The number of rotatable bonds is 8. The summed E-state index contributed by atoms with van der Waals surface area (Å²) in [5, 5.41) is 19.1. The van der Waals surface area contributed by atoms with Crippen LogP contribution in [0.5, 0.6) is 0 Å². The zero-order valence-corrected chi connectivity index (χ0v) is 60.0. The zero-order valence-electron chi connectivity index (χ0n) is 76.7. The lowest BCUT2D eigenvalue weighted by Gasteiger charge is -2.19. The molecule has 0 spiro atoms. The van der Waals surface area contributed by atoms with Crippen molar-refractivity contribution in [3.8, 4) is 89.0 Å². The number of hydrogen-bond acceptors (Lipinski definition) is 4. The fraction of sp³-hybridized carbons (Fsp3) is 0. The molecule has 24 rings (SSSR count). The average molecular weight is 1460 g/mol. The molecular weight excluding hydrogens is 1380 g/mol. The topological polar surface area (TPSA) is 0 Å². The lowest BCUT2D eigenvalue weighted by atomic mass is 9.84. The quantitative estimate of drug-likeness (QED) is 0.133. The van der Waals surface area contributed by atoms with Crippen LogP contribution in [-0.4, -0.2) is 0 Å². The molecule has 0 atom stereocenters. The van der Waals surface area contributed by atoms with Crippen molar-refractivity contribution in [1.82, 2.24) is 0 Å². The van der Waals surface area contributed by atoms with E-state index in [1.165, 1.54) is 140 Å². The molecule has 0 amide bonds. The highest BCUT2D eigenvalue weighted by Gasteiger charge is 2.27. The van der Waals surface area contributed by atoms with E-state index >= 15 is 0 Å². The smallest absolute Gasteiger partial charge is 0.0629 e. The van der Waals surface area contributed by atoms with Gasteiger partial charge in [-0.2, -0.15) is 0 Å². The van der Waals surface area contributed by atoms with Crippen molar-refractivity contribution in [1.29, 1.82) is 0 Å². The molecule has 0 aliphatic rings. The van der Waals surface area contributed by atoms with E-state index in [9.17, 15) is 5.48 Å². The van der Waals surface area contributed by atoms with Gasteiger partial charge in [0.25, 0.3) is 0 Å². The van der Waals surface area contributed by atoms with Crippen LogP contribution in [0.1, 0.15) is 27.4 Å². The maximum atomic E-state index is 9.29. The molecule has 0 aliphatic heterocycles. The van der Waals surface area contributed by atoms with Crippen LogP contribution in [0.2, 0.25) is 0 Å². The Balaban J connectivity index is 0.000000153. The molecule has 0 N–H and O–H groups in total. The van der Waals surface area contributed by atoms with Crippen LogP contribution < -0.4 is 0 Å². The molecule has 0 nitrogen and oxygen atoms in total.